The molecule has 2 bridgehead atoms. The number of nitrogens with two attached hydrogens (primary N) is 2. The van der Waals surface area contributed by atoms with Crippen LogP contribution in [0.3, 0.4) is 0 Å². The first-order chi connectivity index (χ1) is 11.7. The number of hydrogen-bond acceptors (Lipinski definition) is 4. The maximum atomic E-state index is 12.7. The summed E-state index contributed by atoms with van der Waals surface area (Å²) in [5.74, 6) is 12.5. The van der Waals surface area contributed by atoms with E-state index in [1.54, 1.807) is 0 Å². The third kappa shape index (κ3) is 2.05. The average molecular weight is 347 g/mol. The summed E-state index contributed by atoms with van der Waals surface area (Å²) in [5, 5.41) is 4.22. The van der Waals surface area contributed by atoms with Crippen molar-refractivity contribution in [1.82, 2.24) is 5.43 Å². The monoisotopic (exact) mass is 346 g/mol. The zero-order valence-electron chi connectivity index (χ0n) is 16.0. The highest BCUT2D eigenvalue weighted by Crippen LogP contribution is 2.73. The molecule has 0 aromatic rings. The zero-order chi connectivity index (χ0) is 18.1. The molecule has 5 nitrogen and oxygen atoms in total. The molecule has 0 radical (unpaired) electrons. The molecule has 4 aliphatic carbocycles. The molecule has 0 unspecified atom stereocenters. The van der Waals surface area contributed by atoms with Crippen LogP contribution in [-0.4, -0.2) is 11.6 Å². The molecule has 0 aromatic carbocycles. The van der Waals surface area contributed by atoms with Gasteiger partial charge in [-0.05, 0) is 74.0 Å². The third-order valence-electron chi connectivity index (χ3n) is 9.19. The zero-order valence-corrected chi connectivity index (χ0v) is 16.0. The topological polar surface area (TPSA) is 93.5 Å². The van der Waals surface area contributed by atoms with Gasteiger partial charge in [-0.3, -0.25) is 10.2 Å². The van der Waals surface area contributed by atoms with Gasteiger partial charge in [0.25, 0.3) is 0 Å². The van der Waals surface area contributed by atoms with Crippen molar-refractivity contribution in [2.75, 3.05) is 0 Å². The number of hydrazone groups is 1. The van der Waals surface area contributed by atoms with Crippen LogP contribution in [0.4, 0.5) is 0 Å². The highest BCUT2D eigenvalue weighted by atomic mass is 16.2. The molecule has 6 atom stereocenters. The Bertz CT molecular complexity index is 633. The lowest BCUT2D eigenvalue weighted by atomic mass is 9.40. The van der Waals surface area contributed by atoms with E-state index in [2.05, 4.69) is 31.3 Å². The molecule has 25 heavy (non-hydrogen) atoms. The smallest absolute Gasteiger partial charge is 0.240 e. The van der Waals surface area contributed by atoms with Gasteiger partial charge in [-0.25, -0.2) is 5.84 Å². The number of nitrogens with zero attached hydrogens (tertiary/aromatic N) is 1. The minimum atomic E-state index is -0.326. The van der Waals surface area contributed by atoms with Crippen molar-refractivity contribution in [3.05, 3.63) is 0 Å². The summed E-state index contributed by atoms with van der Waals surface area (Å²) in [6.45, 7) is 7.00. The number of rotatable bonds is 1. The standard InChI is InChI=1S/C20H34N4O/c1-17-9-5-14-18(2)7-4-8-19(3,16(25)24-22)13(18)6-10-20(14,12-17)11-15(17)23-21/h13-14H,4-12,21-22H2,1-3H3,(H,24,25)/b23-15+/t13-,14-,17-,18+,19+,20-/m0/s1. The van der Waals surface area contributed by atoms with E-state index in [0.717, 1.165) is 25.7 Å². The van der Waals surface area contributed by atoms with Gasteiger partial charge in [0.1, 0.15) is 0 Å². The second kappa shape index (κ2) is 5.21. The fourth-order valence-corrected chi connectivity index (χ4v) is 8.16. The first-order valence-electron chi connectivity index (χ1n) is 10.0. The van der Waals surface area contributed by atoms with E-state index in [1.807, 2.05) is 0 Å². The molecule has 4 aliphatic rings. The van der Waals surface area contributed by atoms with E-state index in [0.29, 0.717) is 17.3 Å². The molecule has 0 aliphatic heterocycles. The van der Waals surface area contributed by atoms with Gasteiger partial charge in [-0.2, -0.15) is 5.10 Å². The van der Waals surface area contributed by atoms with Crippen molar-refractivity contribution in [2.24, 2.45) is 50.3 Å². The van der Waals surface area contributed by atoms with Crippen LogP contribution in [0, 0.1) is 33.5 Å². The van der Waals surface area contributed by atoms with Crippen LogP contribution >= 0.6 is 0 Å². The summed E-state index contributed by atoms with van der Waals surface area (Å²) in [4.78, 5) is 12.7. The number of carbonyl (C=O) groups excluding carboxylic acids is 1. The van der Waals surface area contributed by atoms with Crippen molar-refractivity contribution in [3.8, 4) is 0 Å². The van der Waals surface area contributed by atoms with Gasteiger partial charge in [-0.1, -0.05) is 27.2 Å². The number of amides is 1. The summed E-state index contributed by atoms with van der Waals surface area (Å²) in [5.41, 5.74) is 4.19. The molecule has 1 amide bonds. The Morgan fingerprint density at radius 2 is 1.84 bits per heavy atom. The van der Waals surface area contributed by atoms with Gasteiger partial charge in [-0.15, -0.1) is 0 Å². The molecular formula is C20H34N4O. The van der Waals surface area contributed by atoms with Crippen LogP contribution in [0.5, 0.6) is 0 Å². The number of carbonyl (C=O) groups is 1. The lowest BCUT2D eigenvalue weighted by molar-refractivity contribution is -0.170. The van der Waals surface area contributed by atoms with Gasteiger partial charge < -0.3 is 5.84 Å². The number of hydrogen-bond donors (Lipinski definition) is 3. The summed E-state index contributed by atoms with van der Waals surface area (Å²) < 4.78 is 0. The molecule has 5 heteroatoms. The van der Waals surface area contributed by atoms with Crippen LogP contribution in [0.25, 0.3) is 0 Å². The normalized spacial score (nSPS) is 53.2. The van der Waals surface area contributed by atoms with Crippen molar-refractivity contribution in [1.29, 1.82) is 0 Å². The fourth-order valence-electron chi connectivity index (χ4n) is 8.16. The Balaban J connectivity index is 1.74. The van der Waals surface area contributed by atoms with E-state index in [9.17, 15) is 4.79 Å². The highest BCUT2D eigenvalue weighted by molar-refractivity contribution is 5.93. The van der Waals surface area contributed by atoms with Crippen LogP contribution < -0.4 is 17.1 Å². The van der Waals surface area contributed by atoms with Crippen LogP contribution in [0.15, 0.2) is 5.10 Å². The second-order valence-electron chi connectivity index (χ2n) is 10.3. The highest BCUT2D eigenvalue weighted by Gasteiger charge is 2.67. The Kier molecular flexibility index (Phi) is 3.61. The maximum Gasteiger partial charge on any atom is 0.240 e. The third-order valence-corrected chi connectivity index (χ3v) is 9.19. The minimum Gasteiger partial charge on any atom is -0.323 e. The lowest BCUT2D eigenvalue weighted by Crippen LogP contribution is -2.60. The van der Waals surface area contributed by atoms with Crippen LogP contribution in [-0.2, 0) is 4.79 Å². The average Bonchev–Trinajstić information content (AvgIpc) is 2.78. The molecule has 0 saturated heterocycles. The SMILES string of the molecule is C[C@@]12CC[C@@H]3[C@@](CC[C@H]4[C@@]3(C)CCC[C@@]4(C)C(=O)NN)(C/C1=N\N)C2. The predicted molar refractivity (Wildman–Crippen MR) is 99.2 cm³/mol. The largest absolute Gasteiger partial charge is 0.323 e. The molecule has 0 heterocycles. The van der Waals surface area contributed by atoms with E-state index in [4.69, 9.17) is 11.7 Å². The molecule has 1 spiro atoms. The minimum absolute atomic E-state index is 0.0376. The van der Waals surface area contributed by atoms with Gasteiger partial charge in [0, 0.05) is 11.1 Å². The lowest BCUT2D eigenvalue weighted by Gasteiger charge is -2.64. The number of fused-ring (bicyclic) bond motifs is 3. The van der Waals surface area contributed by atoms with E-state index in [1.165, 1.54) is 37.8 Å². The second-order valence-corrected chi connectivity index (χ2v) is 10.3. The van der Waals surface area contributed by atoms with Gasteiger partial charge in [0.05, 0.1) is 5.41 Å². The van der Waals surface area contributed by atoms with E-state index < -0.39 is 0 Å². The molecule has 4 saturated carbocycles. The summed E-state index contributed by atoms with van der Waals surface area (Å²) in [6, 6.07) is 0. The number of hydrazine groups is 1. The molecule has 140 valence electrons. The van der Waals surface area contributed by atoms with E-state index in [-0.39, 0.29) is 22.2 Å². The van der Waals surface area contributed by atoms with Crippen molar-refractivity contribution >= 4 is 11.6 Å². The first kappa shape index (κ1) is 17.3. The molecule has 4 rings (SSSR count). The van der Waals surface area contributed by atoms with Crippen molar-refractivity contribution < 1.29 is 4.79 Å². The van der Waals surface area contributed by atoms with Crippen molar-refractivity contribution in [3.63, 3.8) is 0 Å². The fraction of sp³-hybridized carbons (Fsp3) is 0.900. The Morgan fingerprint density at radius 3 is 2.52 bits per heavy atom. The van der Waals surface area contributed by atoms with Gasteiger partial charge in [0.2, 0.25) is 5.91 Å². The molecule has 5 N–H and O–H groups in total. The Morgan fingerprint density at radius 1 is 1.12 bits per heavy atom. The summed E-state index contributed by atoms with van der Waals surface area (Å²) in [7, 11) is 0. The molecule has 4 fully saturated rings. The quantitative estimate of drug-likeness (QED) is 0.387. The van der Waals surface area contributed by atoms with Gasteiger partial charge in [0.15, 0.2) is 0 Å². The predicted octanol–water partition coefficient (Wildman–Crippen LogP) is 3.09. The van der Waals surface area contributed by atoms with E-state index >= 15 is 0 Å². The van der Waals surface area contributed by atoms with Crippen LogP contribution in [0.1, 0.15) is 78.6 Å². The van der Waals surface area contributed by atoms with Crippen molar-refractivity contribution in [2.45, 2.75) is 78.6 Å². The van der Waals surface area contributed by atoms with Gasteiger partial charge >= 0.3 is 0 Å². The summed E-state index contributed by atoms with van der Waals surface area (Å²) >= 11 is 0. The Hall–Kier alpha value is -1.10. The maximum absolute atomic E-state index is 12.7. The first-order valence-corrected chi connectivity index (χ1v) is 10.0. The number of nitrogens with one attached hydrogen (secondary N) is 1. The van der Waals surface area contributed by atoms with Crippen LogP contribution in [0.2, 0.25) is 0 Å². The molecular weight excluding hydrogens is 312 g/mol. The molecule has 0 aromatic heterocycles. The summed E-state index contributed by atoms with van der Waals surface area (Å²) in [6.07, 6.45) is 10.4. The Labute approximate surface area is 151 Å².